The number of phenolic OH excluding ortho intramolecular Hbond substituents is 1. The Morgan fingerprint density at radius 2 is 1.76 bits per heavy atom. The minimum Gasteiger partial charge on any atom is -0.505 e. The molecule has 0 spiro atoms. The van der Waals surface area contributed by atoms with Crippen molar-refractivity contribution in [3.8, 4) is 16.9 Å². The summed E-state index contributed by atoms with van der Waals surface area (Å²) in [4.78, 5) is 1.46. The van der Waals surface area contributed by atoms with Gasteiger partial charge in [0, 0.05) is 12.6 Å². The molecule has 0 aliphatic heterocycles. The smallest absolute Gasteiger partial charge is 0.155 e. The van der Waals surface area contributed by atoms with Crippen LogP contribution < -0.4 is 0 Å². The van der Waals surface area contributed by atoms with Gasteiger partial charge in [-0.1, -0.05) is 30.3 Å². The SMILES string of the molecule is Cn1nc2ccc(-c3ccccc3)c(O)c2n1. The standard InChI is InChI=1S/C13H11N3O/c1-16-14-11-8-7-10(13(17)12(11)15-16)9-5-3-2-4-6-9/h2-8,17H,1H3. The summed E-state index contributed by atoms with van der Waals surface area (Å²) in [5.41, 5.74) is 2.98. The molecule has 4 nitrogen and oxygen atoms in total. The van der Waals surface area contributed by atoms with Gasteiger partial charge in [0.05, 0.1) is 0 Å². The lowest BCUT2D eigenvalue weighted by molar-refractivity contribution is 0.481. The van der Waals surface area contributed by atoms with Crippen molar-refractivity contribution in [2.45, 2.75) is 0 Å². The van der Waals surface area contributed by atoms with Gasteiger partial charge in [-0.05, 0) is 17.7 Å². The van der Waals surface area contributed by atoms with Gasteiger partial charge in [0.25, 0.3) is 0 Å². The van der Waals surface area contributed by atoms with Crippen LogP contribution in [0.3, 0.4) is 0 Å². The zero-order chi connectivity index (χ0) is 11.8. The monoisotopic (exact) mass is 225 g/mol. The number of aromatic nitrogens is 3. The Labute approximate surface area is 98.1 Å². The predicted octanol–water partition coefficient (Wildman–Crippen LogP) is 2.34. The second-order valence-corrected chi connectivity index (χ2v) is 3.88. The van der Waals surface area contributed by atoms with Crippen LogP contribution in [0, 0.1) is 0 Å². The predicted molar refractivity (Wildman–Crippen MR) is 65.6 cm³/mol. The Morgan fingerprint density at radius 3 is 2.53 bits per heavy atom. The topological polar surface area (TPSA) is 50.9 Å². The molecule has 1 heterocycles. The minimum absolute atomic E-state index is 0.182. The molecule has 0 radical (unpaired) electrons. The molecule has 3 aromatic rings. The summed E-state index contributed by atoms with van der Waals surface area (Å²) >= 11 is 0. The largest absolute Gasteiger partial charge is 0.505 e. The van der Waals surface area contributed by atoms with Gasteiger partial charge in [0.1, 0.15) is 5.52 Å². The van der Waals surface area contributed by atoms with Gasteiger partial charge in [-0.2, -0.15) is 9.90 Å². The molecule has 1 N–H and O–H groups in total. The third-order valence-electron chi connectivity index (χ3n) is 2.71. The summed E-state index contributed by atoms with van der Waals surface area (Å²) in [5.74, 6) is 0.182. The van der Waals surface area contributed by atoms with Crippen LogP contribution in [0.4, 0.5) is 0 Å². The van der Waals surface area contributed by atoms with Crippen LogP contribution in [0.2, 0.25) is 0 Å². The average Bonchev–Trinajstić information content (AvgIpc) is 2.72. The number of hydrogen-bond acceptors (Lipinski definition) is 3. The first kappa shape index (κ1) is 9.84. The number of fused-ring (bicyclic) bond motifs is 1. The van der Waals surface area contributed by atoms with E-state index in [0.29, 0.717) is 11.0 Å². The van der Waals surface area contributed by atoms with Crippen LogP contribution >= 0.6 is 0 Å². The van der Waals surface area contributed by atoms with Crippen molar-refractivity contribution in [3.63, 3.8) is 0 Å². The van der Waals surface area contributed by atoms with Crippen LogP contribution in [-0.2, 0) is 7.05 Å². The quantitative estimate of drug-likeness (QED) is 0.691. The number of aromatic hydroxyl groups is 1. The molecule has 0 unspecified atom stereocenters. The number of hydrogen-bond donors (Lipinski definition) is 1. The molecule has 0 fully saturated rings. The summed E-state index contributed by atoms with van der Waals surface area (Å²) in [6.07, 6.45) is 0. The highest BCUT2D eigenvalue weighted by Gasteiger charge is 2.11. The van der Waals surface area contributed by atoms with E-state index in [1.165, 1.54) is 4.80 Å². The van der Waals surface area contributed by atoms with Crippen molar-refractivity contribution in [2.24, 2.45) is 7.05 Å². The molecule has 84 valence electrons. The fourth-order valence-corrected chi connectivity index (χ4v) is 1.92. The normalized spacial score (nSPS) is 10.9. The molecular weight excluding hydrogens is 214 g/mol. The Hall–Kier alpha value is -2.36. The van der Waals surface area contributed by atoms with Gasteiger partial charge >= 0.3 is 0 Å². The van der Waals surface area contributed by atoms with Crippen molar-refractivity contribution < 1.29 is 5.11 Å². The van der Waals surface area contributed by atoms with E-state index in [4.69, 9.17) is 0 Å². The average molecular weight is 225 g/mol. The molecule has 0 aliphatic rings. The molecule has 0 atom stereocenters. The minimum atomic E-state index is 0.182. The van der Waals surface area contributed by atoms with E-state index >= 15 is 0 Å². The number of phenols is 1. The van der Waals surface area contributed by atoms with E-state index in [1.54, 1.807) is 7.05 Å². The lowest BCUT2D eigenvalue weighted by Gasteiger charge is -2.03. The Bertz CT molecular complexity index is 674. The third kappa shape index (κ3) is 1.54. The van der Waals surface area contributed by atoms with Gasteiger partial charge in [-0.15, -0.1) is 5.10 Å². The first-order valence-electron chi connectivity index (χ1n) is 5.34. The zero-order valence-electron chi connectivity index (χ0n) is 9.33. The van der Waals surface area contributed by atoms with Crippen LogP contribution in [0.1, 0.15) is 0 Å². The van der Waals surface area contributed by atoms with Crippen molar-refractivity contribution in [1.82, 2.24) is 15.0 Å². The zero-order valence-corrected chi connectivity index (χ0v) is 9.33. The molecule has 3 rings (SSSR count). The maximum atomic E-state index is 10.2. The van der Waals surface area contributed by atoms with Gasteiger partial charge in [0.2, 0.25) is 0 Å². The lowest BCUT2D eigenvalue weighted by Crippen LogP contribution is -1.90. The molecule has 0 bridgehead atoms. The van der Waals surface area contributed by atoms with Crippen LogP contribution in [0.5, 0.6) is 5.75 Å². The van der Waals surface area contributed by atoms with Gasteiger partial charge < -0.3 is 5.11 Å². The fourth-order valence-electron chi connectivity index (χ4n) is 1.92. The van der Waals surface area contributed by atoms with Crippen molar-refractivity contribution in [1.29, 1.82) is 0 Å². The first-order chi connectivity index (χ1) is 8.25. The Balaban J connectivity index is 2.28. The molecule has 4 heteroatoms. The fraction of sp³-hybridized carbons (Fsp3) is 0.0769. The highest BCUT2D eigenvalue weighted by atomic mass is 16.3. The molecule has 0 saturated carbocycles. The maximum absolute atomic E-state index is 10.2. The number of aryl methyl sites for hydroxylation is 1. The number of rotatable bonds is 1. The summed E-state index contributed by atoms with van der Waals surface area (Å²) < 4.78 is 0. The summed E-state index contributed by atoms with van der Waals surface area (Å²) in [6, 6.07) is 13.5. The molecule has 0 saturated heterocycles. The summed E-state index contributed by atoms with van der Waals surface area (Å²) in [5, 5.41) is 18.5. The molecule has 0 aliphatic carbocycles. The van der Waals surface area contributed by atoms with Crippen LogP contribution in [-0.4, -0.2) is 20.1 Å². The van der Waals surface area contributed by atoms with Crippen LogP contribution in [0.25, 0.3) is 22.2 Å². The van der Waals surface area contributed by atoms with E-state index in [0.717, 1.165) is 11.1 Å². The number of nitrogens with zero attached hydrogens (tertiary/aromatic N) is 3. The molecule has 17 heavy (non-hydrogen) atoms. The molecule has 0 amide bonds. The van der Waals surface area contributed by atoms with Gasteiger partial charge in [-0.25, -0.2) is 0 Å². The Kier molecular flexibility index (Phi) is 2.08. The molecule has 2 aromatic carbocycles. The summed E-state index contributed by atoms with van der Waals surface area (Å²) in [7, 11) is 1.74. The Morgan fingerprint density at radius 1 is 1.00 bits per heavy atom. The van der Waals surface area contributed by atoms with Crippen molar-refractivity contribution >= 4 is 11.0 Å². The van der Waals surface area contributed by atoms with Gasteiger partial charge in [0.15, 0.2) is 11.3 Å². The lowest BCUT2D eigenvalue weighted by atomic mass is 10.0. The van der Waals surface area contributed by atoms with Crippen LogP contribution in [0.15, 0.2) is 42.5 Å². The number of benzene rings is 2. The first-order valence-corrected chi connectivity index (χ1v) is 5.34. The second kappa shape index (κ2) is 3.59. The maximum Gasteiger partial charge on any atom is 0.155 e. The van der Waals surface area contributed by atoms with Crippen molar-refractivity contribution in [2.75, 3.05) is 0 Å². The second-order valence-electron chi connectivity index (χ2n) is 3.88. The van der Waals surface area contributed by atoms with Gasteiger partial charge in [-0.3, -0.25) is 0 Å². The summed E-state index contributed by atoms with van der Waals surface area (Å²) in [6.45, 7) is 0. The highest BCUT2D eigenvalue weighted by molar-refractivity contribution is 5.89. The molecule has 1 aromatic heterocycles. The molecular formula is C13H11N3O. The van der Waals surface area contributed by atoms with E-state index < -0.39 is 0 Å². The van der Waals surface area contributed by atoms with E-state index in [2.05, 4.69) is 10.2 Å². The highest BCUT2D eigenvalue weighted by Crippen LogP contribution is 2.33. The third-order valence-corrected chi connectivity index (χ3v) is 2.71. The van der Waals surface area contributed by atoms with E-state index in [-0.39, 0.29) is 5.75 Å². The van der Waals surface area contributed by atoms with E-state index in [9.17, 15) is 5.11 Å². The van der Waals surface area contributed by atoms with Crippen molar-refractivity contribution in [3.05, 3.63) is 42.5 Å². The van der Waals surface area contributed by atoms with E-state index in [1.807, 2.05) is 42.5 Å².